The number of hydrogen-bond acceptors (Lipinski definition) is 3. The number of Topliss-reactive ketones (excluding diaryl/α,β-unsaturated/α-hetero) is 1. The predicted molar refractivity (Wildman–Crippen MR) is 50.9 cm³/mol. The van der Waals surface area contributed by atoms with Crippen LogP contribution in [0.5, 0.6) is 0 Å². The van der Waals surface area contributed by atoms with Crippen molar-refractivity contribution in [3.63, 3.8) is 0 Å². The molecule has 1 heterocycles. The van der Waals surface area contributed by atoms with Crippen LogP contribution in [0.1, 0.15) is 10.6 Å². The smallest absolute Gasteiger partial charge is 0.447 e. The standard InChI is InChI=1S/C10H4F5NO2/c11-3-1-4-6(16)8(9(17)10(13,14)15)18-7(4)5(12)2-3/h1-2H,16H2. The molecule has 0 aliphatic carbocycles. The van der Waals surface area contributed by atoms with Crippen LogP contribution in [0.15, 0.2) is 16.5 Å². The molecule has 2 aromatic rings. The fourth-order valence-electron chi connectivity index (χ4n) is 1.44. The number of ketones is 1. The molecule has 0 radical (unpaired) electrons. The van der Waals surface area contributed by atoms with Gasteiger partial charge in [-0.15, -0.1) is 0 Å². The highest BCUT2D eigenvalue weighted by Crippen LogP contribution is 2.34. The number of furan rings is 1. The minimum Gasteiger partial charge on any atom is -0.447 e. The molecule has 3 nitrogen and oxygen atoms in total. The Kier molecular flexibility index (Phi) is 2.53. The number of fused-ring (bicyclic) bond motifs is 1. The Hall–Kier alpha value is -2.12. The van der Waals surface area contributed by atoms with Crippen molar-refractivity contribution >= 4 is 22.4 Å². The van der Waals surface area contributed by atoms with E-state index in [1.807, 2.05) is 0 Å². The highest BCUT2D eigenvalue weighted by molar-refractivity contribution is 6.08. The molecular weight excluding hydrogens is 261 g/mol. The van der Waals surface area contributed by atoms with Crippen LogP contribution in [0, 0.1) is 11.6 Å². The average molecular weight is 265 g/mol. The lowest BCUT2D eigenvalue weighted by Gasteiger charge is -2.01. The number of halogens is 5. The number of alkyl halides is 3. The molecule has 0 fully saturated rings. The highest BCUT2D eigenvalue weighted by atomic mass is 19.4. The maximum Gasteiger partial charge on any atom is 0.458 e. The first kappa shape index (κ1) is 12.3. The summed E-state index contributed by atoms with van der Waals surface area (Å²) in [6, 6.07) is 1.09. The Labute approximate surface area is 96.0 Å². The zero-order valence-electron chi connectivity index (χ0n) is 8.44. The van der Waals surface area contributed by atoms with E-state index in [-0.39, 0.29) is 0 Å². The van der Waals surface area contributed by atoms with E-state index in [1.54, 1.807) is 0 Å². The number of nitrogens with two attached hydrogens (primary N) is 1. The minimum absolute atomic E-state index is 0.410. The van der Waals surface area contributed by atoms with Crippen LogP contribution in [0.25, 0.3) is 11.0 Å². The van der Waals surface area contributed by atoms with Crippen LogP contribution in [0.4, 0.5) is 27.6 Å². The number of carbonyl (C=O) groups is 1. The molecule has 0 unspecified atom stereocenters. The number of hydrogen-bond donors (Lipinski definition) is 1. The first-order valence-corrected chi connectivity index (χ1v) is 4.50. The zero-order valence-corrected chi connectivity index (χ0v) is 8.44. The quantitative estimate of drug-likeness (QED) is 0.636. The molecule has 1 aromatic heterocycles. The Balaban J connectivity index is 2.72. The topological polar surface area (TPSA) is 56.2 Å². The number of carbonyl (C=O) groups excluding carboxylic acids is 1. The molecule has 0 amide bonds. The lowest BCUT2D eigenvalue weighted by atomic mass is 10.2. The van der Waals surface area contributed by atoms with E-state index in [9.17, 15) is 26.7 Å². The van der Waals surface area contributed by atoms with Gasteiger partial charge in [-0.1, -0.05) is 0 Å². The summed E-state index contributed by atoms with van der Waals surface area (Å²) in [5.74, 6) is -5.88. The summed E-state index contributed by atoms with van der Waals surface area (Å²) in [6.07, 6.45) is -5.21. The van der Waals surface area contributed by atoms with Gasteiger partial charge in [-0.05, 0) is 6.07 Å². The van der Waals surface area contributed by atoms with Gasteiger partial charge in [0.2, 0.25) is 5.76 Å². The van der Waals surface area contributed by atoms with Crippen LogP contribution in [0.3, 0.4) is 0 Å². The molecule has 2 rings (SSSR count). The molecule has 0 aliphatic heterocycles. The van der Waals surface area contributed by atoms with Gasteiger partial charge in [-0.3, -0.25) is 4.79 Å². The molecular formula is C10H4F5NO2. The number of anilines is 1. The number of nitrogen functional groups attached to an aromatic ring is 1. The molecule has 0 saturated carbocycles. The summed E-state index contributed by atoms with van der Waals surface area (Å²) in [7, 11) is 0. The summed E-state index contributed by atoms with van der Waals surface area (Å²) in [5, 5.41) is -0.417. The molecule has 8 heteroatoms. The van der Waals surface area contributed by atoms with Crippen molar-refractivity contribution in [1.29, 1.82) is 0 Å². The van der Waals surface area contributed by atoms with Gasteiger partial charge in [0.15, 0.2) is 11.4 Å². The van der Waals surface area contributed by atoms with Gasteiger partial charge in [0.1, 0.15) is 5.82 Å². The predicted octanol–water partition coefficient (Wildman–Crippen LogP) is 3.04. The maximum absolute atomic E-state index is 13.2. The van der Waals surface area contributed by atoms with Crippen LogP contribution < -0.4 is 5.73 Å². The van der Waals surface area contributed by atoms with Gasteiger partial charge in [0, 0.05) is 6.07 Å². The van der Waals surface area contributed by atoms with Crippen LogP contribution in [0.2, 0.25) is 0 Å². The Morgan fingerprint density at radius 1 is 1.22 bits per heavy atom. The zero-order chi connectivity index (χ0) is 13.7. The van der Waals surface area contributed by atoms with Crippen molar-refractivity contribution in [2.75, 3.05) is 5.73 Å². The summed E-state index contributed by atoms with van der Waals surface area (Å²) < 4.78 is 67.1. The molecule has 18 heavy (non-hydrogen) atoms. The molecule has 96 valence electrons. The van der Waals surface area contributed by atoms with Crippen molar-refractivity contribution < 1.29 is 31.2 Å². The second kappa shape index (κ2) is 3.69. The third-order valence-electron chi connectivity index (χ3n) is 2.21. The Morgan fingerprint density at radius 2 is 1.83 bits per heavy atom. The third kappa shape index (κ3) is 1.79. The largest absolute Gasteiger partial charge is 0.458 e. The van der Waals surface area contributed by atoms with Gasteiger partial charge in [-0.2, -0.15) is 13.2 Å². The normalized spacial score (nSPS) is 12.1. The first-order valence-electron chi connectivity index (χ1n) is 4.50. The van der Waals surface area contributed by atoms with E-state index in [0.29, 0.717) is 12.1 Å². The molecule has 2 N–H and O–H groups in total. The van der Waals surface area contributed by atoms with Crippen molar-refractivity contribution in [1.82, 2.24) is 0 Å². The first-order chi connectivity index (χ1) is 8.21. The van der Waals surface area contributed by atoms with E-state index < -0.39 is 46.0 Å². The highest BCUT2D eigenvalue weighted by Gasteiger charge is 2.43. The van der Waals surface area contributed by atoms with Crippen LogP contribution in [-0.2, 0) is 0 Å². The van der Waals surface area contributed by atoms with E-state index >= 15 is 0 Å². The van der Waals surface area contributed by atoms with Crippen LogP contribution in [-0.4, -0.2) is 12.0 Å². The molecule has 1 aromatic carbocycles. The number of rotatable bonds is 1. The Bertz CT molecular complexity index is 644. The second-order valence-corrected chi connectivity index (χ2v) is 3.44. The Morgan fingerprint density at radius 3 is 2.39 bits per heavy atom. The fraction of sp³-hybridized carbons (Fsp3) is 0.100. The second-order valence-electron chi connectivity index (χ2n) is 3.44. The van der Waals surface area contributed by atoms with Gasteiger partial charge >= 0.3 is 12.0 Å². The lowest BCUT2D eigenvalue weighted by Crippen LogP contribution is -2.23. The van der Waals surface area contributed by atoms with Crippen LogP contribution >= 0.6 is 0 Å². The van der Waals surface area contributed by atoms with E-state index in [4.69, 9.17) is 5.73 Å². The summed E-state index contributed by atoms with van der Waals surface area (Å²) in [6.45, 7) is 0. The van der Waals surface area contributed by atoms with E-state index in [2.05, 4.69) is 4.42 Å². The van der Waals surface area contributed by atoms with Gasteiger partial charge in [-0.25, -0.2) is 8.78 Å². The average Bonchev–Trinajstić information content (AvgIpc) is 2.54. The van der Waals surface area contributed by atoms with Crippen molar-refractivity contribution in [2.45, 2.75) is 6.18 Å². The van der Waals surface area contributed by atoms with E-state index in [1.165, 1.54) is 0 Å². The molecule has 0 aliphatic rings. The minimum atomic E-state index is -5.21. The molecule has 0 spiro atoms. The van der Waals surface area contributed by atoms with Gasteiger partial charge in [0.25, 0.3) is 0 Å². The summed E-state index contributed by atoms with van der Waals surface area (Å²) >= 11 is 0. The van der Waals surface area contributed by atoms with Crippen molar-refractivity contribution in [3.8, 4) is 0 Å². The number of benzene rings is 1. The van der Waals surface area contributed by atoms with Gasteiger partial charge in [0.05, 0.1) is 11.1 Å². The SMILES string of the molecule is Nc1c(C(=O)C(F)(F)F)oc2c(F)cc(F)cc12. The molecule has 0 bridgehead atoms. The van der Waals surface area contributed by atoms with Crippen molar-refractivity contribution in [2.24, 2.45) is 0 Å². The maximum atomic E-state index is 13.2. The fourth-order valence-corrected chi connectivity index (χ4v) is 1.44. The monoisotopic (exact) mass is 265 g/mol. The van der Waals surface area contributed by atoms with Gasteiger partial charge < -0.3 is 10.2 Å². The third-order valence-corrected chi connectivity index (χ3v) is 2.21. The molecule has 0 atom stereocenters. The van der Waals surface area contributed by atoms with E-state index in [0.717, 1.165) is 0 Å². The summed E-state index contributed by atoms with van der Waals surface area (Å²) in [4.78, 5) is 10.9. The molecule has 0 saturated heterocycles. The lowest BCUT2D eigenvalue weighted by molar-refractivity contribution is -0.0897. The van der Waals surface area contributed by atoms with Crippen molar-refractivity contribution in [3.05, 3.63) is 29.5 Å². The summed E-state index contributed by atoms with van der Waals surface area (Å²) in [5.41, 5.74) is 3.79.